The van der Waals surface area contributed by atoms with E-state index in [-0.39, 0.29) is 5.91 Å². The maximum absolute atomic E-state index is 12.4. The van der Waals surface area contributed by atoms with Gasteiger partial charge in [-0.15, -0.1) is 0 Å². The van der Waals surface area contributed by atoms with Gasteiger partial charge in [0.15, 0.2) is 0 Å². The molecule has 2 rings (SSSR count). The molecule has 0 aromatic heterocycles. The Morgan fingerprint density at radius 3 is 3.00 bits per heavy atom. The number of nitrogens with two attached hydrogens (primary N) is 1. The molecule has 1 amide bonds. The van der Waals surface area contributed by atoms with Crippen LogP contribution in [0.5, 0.6) is 5.75 Å². The number of carbonyl (C=O) groups is 1. The molecule has 1 aromatic carbocycles. The molecule has 1 aliphatic heterocycles. The summed E-state index contributed by atoms with van der Waals surface area (Å²) in [6, 6.07) is 4.99. The summed E-state index contributed by atoms with van der Waals surface area (Å²) in [5, 5.41) is 9.61. The number of hydrogen-bond acceptors (Lipinski definition) is 4. The van der Waals surface area contributed by atoms with Gasteiger partial charge in [-0.3, -0.25) is 4.79 Å². The molecule has 5 heteroatoms. The summed E-state index contributed by atoms with van der Waals surface area (Å²) < 4.78 is 5.17. The molecular formula is C13H18N2O3. The normalized spacial score (nSPS) is 19.7. The number of nitrogens with zero attached hydrogens (tertiary/aromatic N) is 1. The molecule has 5 nitrogen and oxygen atoms in total. The Labute approximate surface area is 106 Å². The minimum atomic E-state index is -0.435. The fourth-order valence-electron chi connectivity index (χ4n) is 2.20. The van der Waals surface area contributed by atoms with Gasteiger partial charge in [0.25, 0.3) is 5.91 Å². The van der Waals surface area contributed by atoms with Crippen molar-refractivity contribution in [3.05, 3.63) is 23.8 Å². The number of piperidine rings is 1. The second-order valence-electron chi connectivity index (χ2n) is 4.51. The lowest BCUT2D eigenvalue weighted by molar-refractivity contribution is 0.0471. The summed E-state index contributed by atoms with van der Waals surface area (Å²) in [7, 11) is 1.52. The molecule has 0 aliphatic carbocycles. The molecule has 0 saturated carbocycles. The Bertz CT molecular complexity index is 448. The molecule has 18 heavy (non-hydrogen) atoms. The van der Waals surface area contributed by atoms with Crippen LogP contribution in [-0.2, 0) is 0 Å². The number of carbonyl (C=O) groups excluding carboxylic acids is 1. The third kappa shape index (κ3) is 2.56. The van der Waals surface area contributed by atoms with Gasteiger partial charge in [0.2, 0.25) is 0 Å². The van der Waals surface area contributed by atoms with Crippen molar-refractivity contribution in [3.63, 3.8) is 0 Å². The maximum atomic E-state index is 12.4. The topological polar surface area (TPSA) is 75.8 Å². The van der Waals surface area contributed by atoms with E-state index in [1.807, 2.05) is 0 Å². The quantitative estimate of drug-likeness (QED) is 0.764. The predicted octanol–water partition coefficient (Wildman–Crippen LogP) is 0.874. The van der Waals surface area contributed by atoms with Crippen molar-refractivity contribution in [3.8, 4) is 5.75 Å². The van der Waals surface area contributed by atoms with Gasteiger partial charge in [0, 0.05) is 18.8 Å². The van der Waals surface area contributed by atoms with Crippen LogP contribution in [-0.4, -0.2) is 42.2 Å². The average Bonchev–Trinajstić information content (AvgIpc) is 2.38. The Morgan fingerprint density at radius 1 is 1.56 bits per heavy atom. The van der Waals surface area contributed by atoms with Crippen molar-refractivity contribution >= 4 is 11.6 Å². The molecule has 1 aromatic rings. The molecular weight excluding hydrogens is 232 g/mol. The smallest absolute Gasteiger partial charge is 0.257 e. The van der Waals surface area contributed by atoms with Crippen molar-refractivity contribution in [2.75, 3.05) is 25.9 Å². The van der Waals surface area contributed by atoms with Gasteiger partial charge in [0.05, 0.1) is 18.8 Å². The number of amides is 1. The van der Waals surface area contributed by atoms with Gasteiger partial charge < -0.3 is 20.5 Å². The molecule has 1 unspecified atom stereocenters. The zero-order valence-corrected chi connectivity index (χ0v) is 10.4. The monoisotopic (exact) mass is 250 g/mol. The number of nitrogen functional groups attached to an aromatic ring is 1. The van der Waals surface area contributed by atoms with E-state index in [0.717, 1.165) is 12.8 Å². The second-order valence-corrected chi connectivity index (χ2v) is 4.51. The number of β-amino-alcohol motifs (C(OH)–C–C–N with tert-alkyl or cyclic N) is 1. The Morgan fingerprint density at radius 2 is 2.33 bits per heavy atom. The van der Waals surface area contributed by atoms with Gasteiger partial charge in [-0.1, -0.05) is 0 Å². The highest BCUT2D eigenvalue weighted by atomic mass is 16.5. The zero-order chi connectivity index (χ0) is 13.1. The van der Waals surface area contributed by atoms with Crippen LogP contribution >= 0.6 is 0 Å². The van der Waals surface area contributed by atoms with Crippen LogP contribution in [0.4, 0.5) is 5.69 Å². The van der Waals surface area contributed by atoms with E-state index >= 15 is 0 Å². The molecule has 0 radical (unpaired) electrons. The van der Waals surface area contributed by atoms with Crippen LogP contribution in [0.2, 0.25) is 0 Å². The molecule has 98 valence electrons. The summed E-state index contributed by atoms with van der Waals surface area (Å²) in [6.45, 7) is 1.03. The standard InChI is InChI=1S/C13H18N2O3/c1-18-12-5-4-9(14)7-11(12)13(17)15-6-2-3-10(16)8-15/h4-5,7,10,16H,2-3,6,8,14H2,1H3. The fourth-order valence-corrected chi connectivity index (χ4v) is 2.20. The number of aliphatic hydroxyl groups is 1. The Hall–Kier alpha value is -1.75. The fraction of sp³-hybridized carbons (Fsp3) is 0.462. The highest BCUT2D eigenvalue weighted by Gasteiger charge is 2.25. The van der Waals surface area contributed by atoms with E-state index in [1.165, 1.54) is 7.11 Å². The van der Waals surface area contributed by atoms with Gasteiger partial charge in [-0.05, 0) is 31.0 Å². The number of aliphatic hydroxyl groups excluding tert-OH is 1. The van der Waals surface area contributed by atoms with E-state index in [1.54, 1.807) is 23.1 Å². The molecule has 3 N–H and O–H groups in total. The van der Waals surface area contributed by atoms with Crippen molar-refractivity contribution in [1.82, 2.24) is 4.90 Å². The number of ether oxygens (including phenoxy) is 1. The summed E-state index contributed by atoms with van der Waals surface area (Å²) in [5.41, 5.74) is 6.68. The molecule has 1 fully saturated rings. The van der Waals surface area contributed by atoms with Crippen LogP contribution in [0.25, 0.3) is 0 Å². The lowest BCUT2D eigenvalue weighted by Crippen LogP contribution is -2.42. The van der Waals surface area contributed by atoms with E-state index in [9.17, 15) is 9.90 Å². The van der Waals surface area contributed by atoms with Gasteiger partial charge in [-0.25, -0.2) is 0 Å². The first-order chi connectivity index (χ1) is 8.61. The third-order valence-electron chi connectivity index (χ3n) is 3.14. The molecule has 1 heterocycles. The first kappa shape index (κ1) is 12.7. The van der Waals surface area contributed by atoms with Crippen molar-refractivity contribution < 1.29 is 14.6 Å². The molecule has 1 saturated heterocycles. The molecule has 1 atom stereocenters. The summed E-state index contributed by atoms with van der Waals surface area (Å²) in [6.07, 6.45) is 1.13. The Balaban J connectivity index is 2.24. The van der Waals surface area contributed by atoms with E-state index in [4.69, 9.17) is 10.5 Å². The lowest BCUT2D eigenvalue weighted by atomic mass is 10.1. The SMILES string of the molecule is COc1ccc(N)cc1C(=O)N1CCCC(O)C1. The largest absolute Gasteiger partial charge is 0.496 e. The van der Waals surface area contributed by atoms with Gasteiger partial charge in [0.1, 0.15) is 5.75 Å². The lowest BCUT2D eigenvalue weighted by Gasteiger charge is -2.30. The summed E-state index contributed by atoms with van der Waals surface area (Å²) in [4.78, 5) is 14.0. The van der Waals surface area contributed by atoms with Crippen LogP contribution < -0.4 is 10.5 Å². The maximum Gasteiger partial charge on any atom is 0.257 e. The minimum absolute atomic E-state index is 0.141. The zero-order valence-electron chi connectivity index (χ0n) is 10.4. The van der Waals surface area contributed by atoms with Crippen molar-refractivity contribution in [2.24, 2.45) is 0 Å². The number of benzene rings is 1. The minimum Gasteiger partial charge on any atom is -0.496 e. The molecule has 1 aliphatic rings. The van der Waals surface area contributed by atoms with Crippen LogP contribution in [0.1, 0.15) is 23.2 Å². The highest BCUT2D eigenvalue weighted by molar-refractivity contribution is 5.97. The molecule has 0 bridgehead atoms. The average molecular weight is 250 g/mol. The number of methoxy groups -OCH3 is 1. The third-order valence-corrected chi connectivity index (χ3v) is 3.14. The second kappa shape index (κ2) is 5.27. The number of anilines is 1. The summed E-state index contributed by atoms with van der Waals surface area (Å²) in [5.74, 6) is 0.368. The van der Waals surface area contributed by atoms with Gasteiger partial charge in [-0.2, -0.15) is 0 Å². The highest BCUT2D eigenvalue weighted by Crippen LogP contribution is 2.24. The summed E-state index contributed by atoms with van der Waals surface area (Å²) >= 11 is 0. The number of rotatable bonds is 2. The van der Waals surface area contributed by atoms with Gasteiger partial charge >= 0.3 is 0 Å². The van der Waals surface area contributed by atoms with E-state index in [2.05, 4.69) is 0 Å². The predicted molar refractivity (Wildman–Crippen MR) is 68.6 cm³/mol. The molecule has 0 spiro atoms. The van der Waals surface area contributed by atoms with Crippen molar-refractivity contribution in [1.29, 1.82) is 0 Å². The first-order valence-electron chi connectivity index (χ1n) is 6.02. The van der Waals surface area contributed by atoms with Crippen LogP contribution in [0.3, 0.4) is 0 Å². The Kier molecular flexibility index (Phi) is 3.72. The van der Waals surface area contributed by atoms with E-state index < -0.39 is 6.10 Å². The number of likely N-dealkylation sites (tertiary alicyclic amines) is 1. The number of hydrogen-bond donors (Lipinski definition) is 2. The van der Waals surface area contributed by atoms with Crippen LogP contribution in [0, 0.1) is 0 Å². The van der Waals surface area contributed by atoms with E-state index in [0.29, 0.717) is 30.1 Å². The van der Waals surface area contributed by atoms with Crippen LogP contribution in [0.15, 0.2) is 18.2 Å². The van der Waals surface area contributed by atoms with Crippen molar-refractivity contribution in [2.45, 2.75) is 18.9 Å². The first-order valence-corrected chi connectivity index (χ1v) is 6.02.